The Kier molecular flexibility index (Phi) is 5.27. The van der Waals surface area contributed by atoms with Gasteiger partial charge in [0.05, 0.1) is 18.3 Å². The summed E-state index contributed by atoms with van der Waals surface area (Å²) in [6.45, 7) is 4.33. The Morgan fingerprint density at radius 2 is 1.75 bits per heavy atom. The summed E-state index contributed by atoms with van der Waals surface area (Å²) >= 11 is 0. The number of aromatic nitrogens is 1. The number of hydrogen-bond donors (Lipinski definition) is 2. The van der Waals surface area contributed by atoms with Gasteiger partial charge in [-0.2, -0.15) is 0 Å². The van der Waals surface area contributed by atoms with Crippen LogP contribution in [0.5, 0.6) is 0 Å². The molecule has 2 aromatic rings. The maximum atomic E-state index is 9.56. The van der Waals surface area contributed by atoms with Gasteiger partial charge in [0, 0.05) is 12.2 Å². The van der Waals surface area contributed by atoms with Gasteiger partial charge >= 0.3 is 0 Å². The minimum absolute atomic E-state index is 0.00282. The van der Waals surface area contributed by atoms with E-state index in [4.69, 9.17) is 0 Å². The van der Waals surface area contributed by atoms with Crippen LogP contribution in [0.25, 0.3) is 0 Å². The first-order valence-electron chi connectivity index (χ1n) is 7.05. The molecule has 0 radical (unpaired) electrons. The van der Waals surface area contributed by atoms with Gasteiger partial charge in [-0.05, 0) is 23.6 Å². The number of aliphatic hydroxyl groups is 1. The molecular formula is C17H22N2O. The molecule has 1 aromatic carbocycles. The van der Waals surface area contributed by atoms with E-state index in [1.54, 1.807) is 6.20 Å². The third-order valence-electron chi connectivity index (χ3n) is 3.50. The summed E-state index contributed by atoms with van der Waals surface area (Å²) in [6, 6.07) is 16.2. The highest BCUT2D eigenvalue weighted by Gasteiger charge is 2.21. The van der Waals surface area contributed by atoms with E-state index in [-0.39, 0.29) is 18.7 Å². The van der Waals surface area contributed by atoms with Crippen molar-refractivity contribution in [1.29, 1.82) is 0 Å². The summed E-state index contributed by atoms with van der Waals surface area (Å²) in [5.41, 5.74) is 2.13. The van der Waals surface area contributed by atoms with Gasteiger partial charge in [0.15, 0.2) is 0 Å². The molecule has 0 aliphatic rings. The molecule has 3 nitrogen and oxygen atoms in total. The molecule has 0 amide bonds. The highest BCUT2D eigenvalue weighted by atomic mass is 16.3. The maximum absolute atomic E-state index is 9.56. The summed E-state index contributed by atoms with van der Waals surface area (Å²) < 4.78 is 0. The highest BCUT2D eigenvalue weighted by Crippen LogP contribution is 2.21. The molecule has 0 saturated carbocycles. The molecule has 0 spiro atoms. The zero-order valence-corrected chi connectivity index (χ0v) is 12.0. The fourth-order valence-corrected chi connectivity index (χ4v) is 2.21. The largest absolute Gasteiger partial charge is 0.395 e. The predicted molar refractivity (Wildman–Crippen MR) is 81.4 cm³/mol. The van der Waals surface area contributed by atoms with Crippen LogP contribution in [-0.4, -0.2) is 22.7 Å². The molecule has 20 heavy (non-hydrogen) atoms. The Bertz CT molecular complexity index is 459. The van der Waals surface area contributed by atoms with E-state index >= 15 is 0 Å². The first kappa shape index (κ1) is 14.7. The maximum Gasteiger partial charge on any atom is 0.0754 e. The minimum atomic E-state index is -0.00282. The number of nitrogens with one attached hydrogen (secondary N) is 1. The molecule has 0 fully saturated rings. The molecule has 1 heterocycles. The predicted octanol–water partition coefficient (Wildman–Crippen LogP) is 2.78. The lowest BCUT2D eigenvalue weighted by Gasteiger charge is -2.27. The van der Waals surface area contributed by atoms with Gasteiger partial charge in [0.2, 0.25) is 0 Å². The van der Waals surface area contributed by atoms with Crippen LogP contribution < -0.4 is 5.32 Å². The summed E-state index contributed by atoms with van der Waals surface area (Å²) in [4.78, 5) is 4.46. The van der Waals surface area contributed by atoms with Gasteiger partial charge < -0.3 is 5.11 Å². The van der Waals surface area contributed by atoms with Crippen molar-refractivity contribution in [2.24, 2.45) is 5.92 Å². The first-order valence-corrected chi connectivity index (χ1v) is 7.05. The van der Waals surface area contributed by atoms with Gasteiger partial charge in [-0.15, -0.1) is 0 Å². The van der Waals surface area contributed by atoms with Crippen molar-refractivity contribution in [1.82, 2.24) is 10.3 Å². The SMILES string of the molecule is CC(C)[C@H](CO)N[C@H](c1ccccc1)c1ccccn1. The quantitative estimate of drug-likeness (QED) is 0.848. The molecule has 1 aromatic heterocycles. The average molecular weight is 270 g/mol. The van der Waals surface area contributed by atoms with Crippen LogP contribution in [0.4, 0.5) is 0 Å². The van der Waals surface area contributed by atoms with Crippen LogP contribution in [-0.2, 0) is 0 Å². The van der Waals surface area contributed by atoms with Crippen LogP contribution in [0.1, 0.15) is 31.1 Å². The van der Waals surface area contributed by atoms with Crippen LogP contribution in [0, 0.1) is 5.92 Å². The molecule has 0 aliphatic carbocycles. The lowest BCUT2D eigenvalue weighted by atomic mass is 9.98. The molecular weight excluding hydrogens is 248 g/mol. The van der Waals surface area contributed by atoms with E-state index < -0.39 is 0 Å². The number of pyridine rings is 1. The smallest absolute Gasteiger partial charge is 0.0754 e. The van der Waals surface area contributed by atoms with Crippen molar-refractivity contribution in [3.8, 4) is 0 Å². The van der Waals surface area contributed by atoms with E-state index in [9.17, 15) is 5.11 Å². The van der Waals surface area contributed by atoms with E-state index in [1.807, 2.05) is 36.4 Å². The number of hydrogen-bond acceptors (Lipinski definition) is 3. The molecule has 2 rings (SSSR count). The third kappa shape index (κ3) is 3.65. The van der Waals surface area contributed by atoms with E-state index in [1.165, 1.54) is 0 Å². The molecule has 0 unspecified atom stereocenters. The van der Waals surface area contributed by atoms with Crippen molar-refractivity contribution in [3.05, 3.63) is 66.0 Å². The topological polar surface area (TPSA) is 45.1 Å². The van der Waals surface area contributed by atoms with Gasteiger partial charge in [0.25, 0.3) is 0 Å². The fraction of sp³-hybridized carbons (Fsp3) is 0.353. The van der Waals surface area contributed by atoms with Gasteiger partial charge in [0.1, 0.15) is 0 Å². The molecule has 0 bridgehead atoms. The normalized spacial score (nSPS) is 14.2. The molecule has 2 N–H and O–H groups in total. The van der Waals surface area contributed by atoms with Crippen molar-refractivity contribution in [2.45, 2.75) is 25.9 Å². The zero-order chi connectivity index (χ0) is 14.4. The Hall–Kier alpha value is -1.71. The van der Waals surface area contributed by atoms with E-state index in [2.05, 4.69) is 36.3 Å². The van der Waals surface area contributed by atoms with E-state index in [0.717, 1.165) is 11.3 Å². The van der Waals surface area contributed by atoms with E-state index in [0.29, 0.717) is 5.92 Å². The van der Waals surface area contributed by atoms with Crippen LogP contribution in [0.3, 0.4) is 0 Å². The van der Waals surface area contributed by atoms with Crippen molar-refractivity contribution < 1.29 is 5.11 Å². The van der Waals surface area contributed by atoms with Gasteiger partial charge in [-0.25, -0.2) is 0 Å². The number of benzene rings is 1. The number of aliphatic hydroxyl groups excluding tert-OH is 1. The minimum Gasteiger partial charge on any atom is -0.395 e. The Morgan fingerprint density at radius 1 is 1.05 bits per heavy atom. The number of rotatable bonds is 6. The standard InChI is InChI=1S/C17H22N2O/c1-13(2)16(12-20)19-17(14-8-4-3-5-9-14)15-10-6-7-11-18-15/h3-11,13,16-17,19-20H,12H2,1-2H3/t16-,17+/m0/s1. The van der Waals surface area contributed by atoms with Gasteiger partial charge in [-0.1, -0.05) is 50.2 Å². The zero-order valence-electron chi connectivity index (χ0n) is 12.0. The summed E-state index contributed by atoms with van der Waals surface area (Å²) in [5, 5.41) is 13.1. The molecule has 0 saturated heterocycles. The second-order valence-electron chi connectivity index (χ2n) is 5.30. The van der Waals surface area contributed by atoms with Crippen molar-refractivity contribution in [3.63, 3.8) is 0 Å². The van der Waals surface area contributed by atoms with Crippen molar-refractivity contribution in [2.75, 3.05) is 6.61 Å². The highest BCUT2D eigenvalue weighted by molar-refractivity contribution is 5.27. The van der Waals surface area contributed by atoms with Crippen LogP contribution in [0.15, 0.2) is 54.7 Å². The van der Waals surface area contributed by atoms with Gasteiger partial charge in [-0.3, -0.25) is 10.3 Å². The Balaban J connectivity index is 2.30. The molecule has 106 valence electrons. The first-order chi connectivity index (χ1) is 9.72. The second kappa shape index (κ2) is 7.17. The van der Waals surface area contributed by atoms with Crippen LogP contribution >= 0.6 is 0 Å². The third-order valence-corrected chi connectivity index (χ3v) is 3.50. The summed E-state index contributed by atoms with van der Waals surface area (Å²) in [6.07, 6.45) is 1.80. The monoisotopic (exact) mass is 270 g/mol. The second-order valence-corrected chi connectivity index (χ2v) is 5.30. The average Bonchev–Trinajstić information content (AvgIpc) is 2.50. The molecule has 0 aliphatic heterocycles. The molecule has 2 atom stereocenters. The summed E-state index contributed by atoms with van der Waals surface area (Å²) in [5.74, 6) is 0.356. The number of nitrogens with zero attached hydrogens (tertiary/aromatic N) is 1. The Labute approximate surface area is 120 Å². The Morgan fingerprint density at radius 3 is 2.30 bits per heavy atom. The lowest BCUT2D eigenvalue weighted by Crippen LogP contribution is -2.40. The lowest BCUT2D eigenvalue weighted by molar-refractivity contribution is 0.203. The van der Waals surface area contributed by atoms with Crippen LogP contribution in [0.2, 0.25) is 0 Å². The van der Waals surface area contributed by atoms with Crippen molar-refractivity contribution >= 4 is 0 Å². The molecule has 3 heteroatoms. The fourth-order valence-electron chi connectivity index (χ4n) is 2.21. The summed E-state index contributed by atoms with van der Waals surface area (Å²) in [7, 11) is 0.